The van der Waals surface area contributed by atoms with Crippen molar-refractivity contribution in [3.63, 3.8) is 0 Å². The molecule has 3 nitrogen and oxygen atoms in total. The summed E-state index contributed by atoms with van der Waals surface area (Å²) in [6.07, 6.45) is 3.02. The molecular formula is C23H25N2O+. The molecule has 0 spiro atoms. The third-order valence-electron chi connectivity index (χ3n) is 4.61. The highest BCUT2D eigenvalue weighted by atomic mass is 16.2. The second kappa shape index (κ2) is 8.43. The Bertz CT molecular complexity index is 820. The number of aromatic nitrogens is 1. The van der Waals surface area contributed by atoms with Crippen LogP contribution in [0.3, 0.4) is 0 Å². The minimum absolute atomic E-state index is 0.00376. The standard InChI is InChI=1S/C23H24N2O/c1-3-19-15-14-18(2)25(16-19)17-22(26)24-23(20-10-6-4-7-11-20)21-12-8-5-9-13-21/h4-16,23H,3,17H2,1-2H3/p+1. The molecule has 2 aromatic carbocycles. The molecule has 1 amide bonds. The molecule has 1 heterocycles. The van der Waals surface area contributed by atoms with Crippen LogP contribution in [0.25, 0.3) is 0 Å². The Kier molecular flexibility index (Phi) is 5.80. The van der Waals surface area contributed by atoms with Crippen LogP contribution in [-0.4, -0.2) is 5.91 Å². The quantitative estimate of drug-likeness (QED) is 0.678. The molecule has 0 fully saturated rings. The van der Waals surface area contributed by atoms with Crippen LogP contribution in [0.4, 0.5) is 0 Å². The number of carbonyl (C=O) groups excluding carboxylic acids is 1. The average molecular weight is 345 g/mol. The number of aryl methyl sites for hydroxylation is 2. The van der Waals surface area contributed by atoms with Crippen molar-refractivity contribution in [2.45, 2.75) is 32.9 Å². The molecule has 0 atom stereocenters. The molecule has 3 aromatic rings. The zero-order valence-electron chi connectivity index (χ0n) is 15.4. The molecule has 132 valence electrons. The van der Waals surface area contributed by atoms with E-state index in [1.54, 1.807) is 0 Å². The Morgan fingerprint density at radius 2 is 1.50 bits per heavy atom. The van der Waals surface area contributed by atoms with Crippen LogP contribution in [0, 0.1) is 6.92 Å². The number of carbonyl (C=O) groups is 1. The topological polar surface area (TPSA) is 33.0 Å². The normalized spacial score (nSPS) is 10.7. The molecule has 0 saturated carbocycles. The van der Waals surface area contributed by atoms with Gasteiger partial charge in [-0.1, -0.05) is 67.6 Å². The molecule has 0 unspecified atom stereocenters. The minimum Gasteiger partial charge on any atom is -0.340 e. The third-order valence-corrected chi connectivity index (χ3v) is 4.61. The summed E-state index contributed by atoms with van der Waals surface area (Å²) >= 11 is 0. The van der Waals surface area contributed by atoms with Crippen molar-refractivity contribution in [1.82, 2.24) is 5.32 Å². The molecular weight excluding hydrogens is 320 g/mol. The van der Waals surface area contributed by atoms with Crippen molar-refractivity contribution >= 4 is 5.91 Å². The van der Waals surface area contributed by atoms with Gasteiger partial charge >= 0.3 is 0 Å². The number of benzene rings is 2. The maximum Gasteiger partial charge on any atom is 0.286 e. The predicted molar refractivity (Wildman–Crippen MR) is 104 cm³/mol. The summed E-state index contributed by atoms with van der Waals surface area (Å²) in [4.78, 5) is 12.8. The fraction of sp³-hybridized carbons (Fsp3) is 0.217. The van der Waals surface area contributed by atoms with Gasteiger partial charge in [-0.25, -0.2) is 0 Å². The number of amides is 1. The van der Waals surface area contributed by atoms with E-state index in [0.717, 1.165) is 23.2 Å². The lowest BCUT2D eigenvalue weighted by Gasteiger charge is -2.19. The molecule has 3 heteroatoms. The van der Waals surface area contributed by atoms with Crippen LogP contribution in [0.2, 0.25) is 0 Å². The lowest BCUT2D eigenvalue weighted by molar-refractivity contribution is -0.690. The highest BCUT2D eigenvalue weighted by Gasteiger charge is 2.20. The van der Waals surface area contributed by atoms with Gasteiger partial charge < -0.3 is 5.32 Å². The Balaban J connectivity index is 1.82. The van der Waals surface area contributed by atoms with Crippen LogP contribution in [0.1, 0.15) is 35.3 Å². The van der Waals surface area contributed by atoms with Gasteiger partial charge in [0.05, 0.1) is 6.04 Å². The summed E-state index contributed by atoms with van der Waals surface area (Å²) in [5, 5.41) is 3.20. The van der Waals surface area contributed by atoms with Crippen LogP contribution in [0.5, 0.6) is 0 Å². The maximum atomic E-state index is 12.8. The van der Waals surface area contributed by atoms with E-state index in [2.05, 4.69) is 30.6 Å². The van der Waals surface area contributed by atoms with Gasteiger partial charge in [0, 0.05) is 18.6 Å². The fourth-order valence-corrected chi connectivity index (χ4v) is 3.06. The van der Waals surface area contributed by atoms with Gasteiger partial charge in [-0.05, 0) is 23.6 Å². The van der Waals surface area contributed by atoms with Crippen molar-refractivity contribution in [3.8, 4) is 0 Å². The Hall–Kier alpha value is -2.94. The molecule has 0 bridgehead atoms. The molecule has 0 aliphatic carbocycles. The minimum atomic E-state index is -0.153. The van der Waals surface area contributed by atoms with E-state index in [1.807, 2.05) is 72.2 Å². The van der Waals surface area contributed by atoms with Crippen LogP contribution < -0.4 is 9.88 Å². The molecule has 3 rings (SSSR count). The first-order chi connectivity index (χ1) is 12.7. The predicted octanol–water partition coefficient (Wildman–Crippen LogP) is 3.75. The summed E-state index contributed by atoms with van der Waals surface area (Å²) < 4.78 is 2.02. The van der Waals surface area contributed by atoms with Gasteiger partial charge in [-0.3, -0.25) is 4.79 Å². The van der Waals surface area contributed by atoms with Gasteiger partial charge in [-0.2, -0.15) is 4.57 Å². The summed E-state index contributed by atoms with van der Waals surface area (Å²) in [5.74, 6) is 0.00376. The lowest BCUT2D eigenvalue weighted by atomic mass is 9.99. The van der Waals surface area contributed by atoms with Crippen LogP contribution >= 0.6 is 0 Å². The smallest absolute Gasteiger partial charge is 0.286 e. The second-order valence-corrected chi connectivity index (χ2v) is 6.48. The number of hydrogen-bond acceptors (Lipinski definition) is 1. The zero-order valence-corrected chi connectivity index (χ0v) is 15.4. The van der Waals surface area contributed by atoms with Crippen molar-refractivity contribution in [3.05, 3.63) is 101 Å². The largest absolute Gasteiger partial charge is 0.340 e. The third kappa shape index (κ3) is 4.37. The van der Waals surface area contributed by atoms with E-state index in [-0.39, 0.29) is 11.9 Å². The Morgan fingerprint density at radius 1 is 0.923 bits per heavy atom. The summed E-state index contributed by atoms with van der Waals surface area (Å²) in [7, 11) is 0. The van der Waals surface area contributed by atoms with E-state index >= 15 is 0 Å². The highest BCUT2D eigenvalue weighted by molar-refractivity contribution is 5.75. The van der Waals surface area contributed by atoms with Crippen LogP contribution in [0.15, 0.2) is 79.0 Å². The lowest BCUT2D eigenvalue weighted by Crippen LogP contribution is -2.46. The molecule has 1 N–H and O–H groups in total. The van der Waals surface area contributed by atoms with E-state index in [0.29, 0.717) is 6.54 Å². The van der Waals surface area contributed by atoms with Gasteiger partial charge in [-0.15, -0.1) is 0 Å². The first kappa shape index (κ1) is 17.9. The van der Waals surface area contributed by atoms with Crippen molar-refractivity contribution in [2.24, 2.45) is 0 Å². The maximum absolute atomic E-state index is 12.8. The molecule has 0 aliphatic rings. The average Bonchev–Trinajstić information content (AvgIpc) is 2.69. The first-order valence-electron chi connectivity index (χ1n) is 9.05. The first-order valence-corrected chi connectivity index (χ1v) is 9.05. The molecule has 0 radical (unpaired) electrons. The van der Waals surface area contributed by atoms with Gasteiger partial charge in [0.25, 0.3) is 5.91 Å². The zero-order chi connectivity index (χ0) is 18.4. The number of nitrogens with zero attached hydrogens (tertiary/aromatic N) is 1. The number of rotatable bonds is 6. The Morgan fingerprint density at radius 3 is 2.04 bits per heavy atom. The van der Waals surface area contributed by atoms with Gasteiger partial charge in [0.15, 0.2) is 11.9 Å². The molecule has 1 aromatic heterocycles. The van der Waals surface area contributed by atoms with Crippen molar-refractivity contribution < 1.29 is 9.36 Å². The fourth-order valence-electron chi connectivity index (χ4n) is 3.06. The number of nitrogens with one attached hydrogen (secondary N) is 1. The van der Waals surface area contributed by atoms with E-state index in [1.165, 1.54) is 5.56 Å². The van der Waals surface area contributed by atoms with E-state index < -0.39 is 0 Å². The van der Waals surface area contributed by atoms with E-state index in [4.69, 9.17) is 0 Å². The summed E-state index contributed by atoms with van der Waals surface area (Å²) in [5.41, 5.74) is 4.46. The molecule has 26 heavy (non-hydrogen) atoms. The van der Waals surface area contributed by atoms with Crippen molar-refractivity contribution in [2.75, 3.05) is 0 Å². The van der Waals surface area contributed by atoms with Gasteiger partial charge in [0.2, 0.25) is 6.54 Å². The van der Waals surface area contributed by atoms with E-state index in [9.17, 15) is 4.79 Å². The number of hydrogen-bond donors (Lipinski definition) is 1. The Labute approximate surface area is 155 Å². The second-order valence-electron chi connectivity index (χ2n) is 6.48. The van der Waals surface area contributed by atoms with Gasteiger partial charge in [0.1, 0.15) is 0 Å². The summed E-state index contributed by atoms with van der Waals surface area (Å²) in [6.45, 7) is 4.46. The highest BCUT2D eigenvalue weighted by Crippen LogP contribution is 2.21. The monoisotopic (exact) mass is 345 g/mol. The molecule has 0 saturated heterocycles. The molecule has 0 aliphatic heterocycles. The van der Waals surface area contributed by atoms with Crippen molar-refractivity contribution in [1.29, 1.82) is 0 Å². The SMILES string of the molecule is CCc1ccc(C)[n+](CC(=O)NC(c2ccccc2)c2ccccc2)c1. The number of pyridine rings is 1. The van der Waals surface area contributed by atoms with Crippen LogP contribution in [-0.2, 0) is 17.8 Å². The summed E-state index contributed by atoms with van der Waals surface area (Å²) in [6, 6.07) is 24.2.